The number of amides is 2. The first kappa shape index (κ1) is 14.9. The molecule has 24 heavy (non-hydrogen) atoms. The van der Waals surface area contributed by atoms with E-state index in [1.54, 1.807) is 30.5 Å². The Morgan fingerprint density at radius 3 is 2.88 bits per heavy atom. The van der Waals surface area contributed by atoms with Crippen molar-refractivity contribution >= 4 is 17.5 Å². The van der Waals surface area contributed by atoms with Crippen molar-refractivity contribution in [2.45, 2.75) is 44.7 Å². The summed E-state index contributed by atoms with van der Waals surface area (Å²) in [6.45, 7) is 0.874. The molecule has 1 fully saturated rings. The van der Waals surface area contributed by atoms with Crippen LogP contribution in [0.15, 0.2) is 30.5 Å². The van der Waals surface area contributed by atoms with Crippen LogP contribution in [0.1, 0.15) is 52.1 Å². The molecule has 6 nitrogen and oxygen atoms in total. The van der Waals surface area contributed by atoms with Crippen LogP contribution in [0.5, 0.6) is 0 Å². The smallest absolute Gasteiger partial charge is 0.259 e. The largest absolute Gasteiger partial charge is 0.349 e. The minimum absolute atomic E-state index is 0.0866. The predicted octanol–water partition coefficient (Wildman–Crippen LogP) is 2.36. The van der Waals surface area contributed by atoms with Gasteiger partial charge < -0.3 is 10.6 Å². The summed E-state index contributed by atoms with van der Waals surface area (Å²) < 4.78 is 1.91. The highest BCUT2D eigenvalue weighted by molar-refractivity contribution is 6.05. The van der Waals surface area contributed by atoms with Gasteiger partial charge in [-0.1, -0.05) is 6.07 Å². The molecule has 124 valence electrons. The lowest BCUT2D eigenvalue weighted by atomic mass is 10.1. The number of fused-ring (bicyclic) bond motifs is 1. The van der Waals surface area contributed by atoms with Crippen LogP contribution in [0, 0.1) is 0 Å². The maximum absolute atomic E-state index is 12.6. The molecule has 0 atom stereocenters. The average molecular weight is 324 g/mol. The molecule has 1 aliphatic heterocycles. The Morgan fingerprint density at radius 2 is 2.04 bits per heavy atom. The van der Waals surface area contributed by atoms with E-state index in [1.807, 2.05) is 4.68 Å². The van der Waals surface area contributed by atoms with Crippen molar-refractivity contribution in [2.75, 3.05) is 5.32 Å². The highest BCUT2D eigenvalue weighted by Gasteiger charge is 2.24. The third-order valence-corrected chi connectivity index (χ3v) is 4.52. The molecule has 2 amide bonds. The summed E-state index contributed by atoms with van der Waals surface area (Å²) in [5.41, 5.74) is 2.82. The molecule has 1 saturated carbocycles. The van der Waals surface area contributed by atoms with Crippen molar-refractivity contribution in [2.24, 2.45) is 0 Å². The molecule has 0 bridgehead atoms. The monoisotopic (exact) mass is 324 g/mol. The molecular formula is C18H20N4O2. The first-order valence-electron chi connectivity index (χ1n) is 8.48. The molecule has 1 aromatic carbocycles. The zero-order valence-corrected chi connectivity index (χ0v) is 13.4. The lowest BCUT2D eigenvalue weighted by Gasteiger charge is -2.14. The van der Waals surface area contributed by atoms with Gasteiger partial charge in [0, 0.05) is 23.8 Å². The average Bonchev–Trinajstić information content (AvgIpc) is 3.30. The van der Waals surface area contributed by atoms with Crippen molar-refractivity contribution in [1.29, 1.82) is 0 Å². The van der Waals surface area contributed by atoms with Gasteiger partial charge in [0.1, 0.15) is 0 Å². The summed E-state index contributed by atoms with van der Waals surface area (Å²) in [5, 5.41) is 10.1. The van der Waals surface area contributed by atoms with Gasteiger partial charge in [-0.05, 0) is 50.3 Å². The van der Waals surface area contributed by atoms with E-state index in [0.29, 0.717) is 22.9 Å². The van der Waals surface area contributed by atoms with Crippen LogP contribution in [0.2, 0.25) is 0 Å². The SMILES string of the molecule is O=C(NC1CC1)c1cccc(NC(=O)c2cnn3c2CCCC3)c1. The minimum atomic E-state index is -0.169. The molecular weight excluding hydrogens is 304 g/mol. The minimum Gasteiger partial charge on any atom is -0.349 e. The van der Waals surface area contributed by atoms with Gasteiger partial charge >= 0.3 is 0 Å². The van der Waals surface area contributed by atoms with Crippen LogP contribution in [-0.4, -0.2) is 27.6 Å². The molecule has 2 aliphatic rings. The number of aromatic nitrogens is 2. The van der Waals surface area contributed by atoms with E-state index in [-0.39, 0.29) is 11.8 Å². The van der Waals surface area contributed by atoms with E-state index >= 15 is 0 Å². The normalized spacial score (nSPS) is 16.3. The van der Waals surface area contributed by atoms with E-state index in [9.17, 15) is 9.59 Å². The molecule has 4 rings (SSSR count). The quantitative estimate of drug-likeness (QED) is 0.906. The maximum Gasteiger partial charge on any atom is 0.259 e. The van der Waals surface area contributed by atoms with E-state index in [0.717, 1.165) is 44.3 Å². The van der Waals surface area contributed by atoms with Gasteiger partial charge in [-0.2, -0.15) is 5.10 Å². The fourth-order valence-corrected chi connectivity index (χ4v) is 3.04. The Labute approximate surface area is 140 Å². The Balaban J connectivity index is 1.49. The summed E-state index contributed by atoms with van der Waals surface area (Å²) in [6.07, 6.45) is 6.81. The topological polar surface area (TPSA) is 76.0 Å². The van der Waals surface area contributed by atoms with Crippen molar-refractivity contribution in [3.63, 3.8) is 0 Å². The van der Waals surface area contributed by atoms with Gasteiger partial charge in [0.25, 0.3) is 11.8 Å². The summed E-state index contributed by atoms with van der Waals surface area (Å²) in [4.78, 5) is 24.7. The van der Waals surface area contributed by atoms with Crippen LogP contribution in [0.3, 0.4) is 0 Å². The number of nitrogens with zero attached hydrogens (tertiary/aromatic N) is 2. The number of benzene rings is 1. The van der Waals surface area contributed by atoms with Gasteiger partial charge in [-0.25, -0.2) is 0 Å². The van der Waals surface area contributed by atoms with Crippen molar-refractivity contribution in [3.05, 3.63) is 47.3 Å². The van der Waals surface area contributed by atoms with Crippen LogP contribution in [0.25, 0.3) is 0 Å². The lowest BCUT2D eigenvalue weighted by Crippen LogP contribution is -2.25. The van der Waals surface area contributed by atoms with Crippen molar-refractivity contribution in [3.8, 4) is 0 Å². The Bertz CT molecular complexity index is 792. The maximum atomic E-state index is 12.6. The number of carbonyl (C=O) groups is 2. The molecule has 2 heterocycles. The van der Waals surface area contributed by atoms with Crippen LogP contribution < -0.4 is 10.6 Å². The zero-order valence-electron chi connectivity index (χ0n) is 13.4. The van der Waals surface area contributed by atoms with Gasteiger partial charge in [-0.3, -0.25) is 14.3 Å². The molecule has 1 aromatic heterocycles. The zero-order chi connectivity index (χ0) is 16.5. The number of nitrogens with one attached hydrogen (secondary N) is 2. The first-order valence-corrected chi connectivity index (χ1v) is 8.48. The van der Waals surface area contributed by atoms with Crippen molar-refractivity contribution < 1.29 is 9.59 Å². The molecule has 0 radical (unpaired) electrons. The number of hydrogen-bond donors (Lipinski definition) is 2. The highest BCUT2D eigenvalue weighted by Crippen LogP contribution is 2.21. The van der Waals surface area contributed by atoms with Crippen LogP contribution in [-0.2, 0) is 13.0 Å². The molecule has 0 saturated heterocycles. The summed E-state index contributed by atoms with van der Waals surface area (Å²) in [7, 11) is 0. The van der Waals surface area contributed by atoms with Crippen LogP contribution >= 0.6 is 0 Å². The van der Waals surface area contributed by atoms with Gasteiger partial charge in [0.05, 0.1) is 17.5 Å². The fourth-order valence-electron chi connectivity index (χ4n) is 3.04. The second-order valence-electron chi connectivity index (χ2n) is 6.47. The molecule has 0 spiro atoms. The molecule has 0 unspecified atom stereocenters. The first-order chi connectivity index (χ1) is 11.7. The Hall–Kier alpha value is -2.63. The van der Waals surface area contributed by atoms with E-state index in [4.69, 9.17) is 0 Å². The molecule has 2 N–H and O–H groups in total. The summed E-state index contributed by atoms with van der Waals surface area (Å²) in [5.74, 6) is -0.255. The third-order valence-electron chi connectivity index (χ3n) is 4.52. The van der Waals surface area contributed by atoms with E-state index in [1.165, 1.54) is 0 Å². The predicted molar refractivity (Wildman–Crippen MR) is 90.0 cm³/mol. The lowest BCUT2D eigenvalue weighted by molar-refractivity contribution is 0.0949. The summed E-state index contributed by atoms with van der Waals surface area (Å²) >= 11 is 0. The van der Waals surface area contributed by atoms with Crippen LogP contribution in [0.4, 0.5) is 5.69 Å². The summed E-state index contributed by atoms with van der Waals surface area (Å²) in [6, 6.07) is 7.36. The number of aryl methyl sites for hydroxylation is 1. The molecule has 2 aromatic rings. The fraction of sp³-hybridized carbons (Fsp3) is 0.389. The van der Waals surface area contributed by atoms with Gasteiger partial charge in [0.2, 0.25) is 0 Å². The molecule has 1 aliphatic carbocycles. The second-order valence-corrected chi connectivity index (χ2v) is 6.47. The highest BCUT2D eigenvalue weighted by atomic mass is 16.2. The standard InChI is InChI=1S/C18H20N4O2/c23-17(20-13-7-8-13)12-4-3-5-14(10-12)21-18(24)15-11-19-22-9-2-1-6-16(15)22/h3-5,10-11,13H,1-2,6-9H2,(H,20,23)(H,21,24). The van der Waals surface area contributed by atoms with E-state index in [2.05, 4.69) is 15.7 Å². The third kappa shape index (κ3) is 3.04. The number of anilines is 1. The Kier molecular flexibility index (Phi) is 3.80. The number of rotatable bonds is 4. The molecule has 6 heteroatoms. The Morgan fingerprint density at radius 1 is 1.17 bits per heavy atom. The second kappa shape index (κ2) is 6.11. The van der Waals surface area contributed by atoms with Gasteiger partial charge in [0.15, 0.2) is 0 Å². The van der Waals surface area contributed by atoms with Crippen molar-refractivity contribution in [1.82, 2.24) is 15.1 Å². The number of carbonyl (C=O) groups excluding carboxylic acids is 2. The van der Waals surface area contributed by atoms with E-state index < -0.39 is 0 Å². The number of hydrogen-bond acceptors (Lipinski definition) is 3. The van der Waals surface area contributed by atoms with Gasteiger partial charge in [-0.15, -0.1) is 0 Å².